The Morgan fingerprint density at radius 2 is 2.25 bits per heavy atom. The lowest BCUT2D eigenvalue weighted by Crippen LogP contribution is -2.52. The van der Waals surface area contributed by atoms with Crippen molar-refractivity contribution in [2.75, 3.05) is 0 Å². The fraction of sp³-hybridized carbons (Fsp3) is 0.643. The lowest BCUT2D eigenvalue weighted by molar-refractivity contribution is -0.144. The number of aryl methyl sites for hydroxylation is 1. The van der Waals surface area contributed by atoms with Crippen LogP contribution in [0.15, 0.2) is 6.20 Å². The number of carbonyl (C=O) groups excluding carboxylic acids is 1. The molecule has 6 heteroatoms. The molecule has 0 aliphatic carbocycles. The Morgan fingerprint density at radius 3 is 2.90 bits per heavy atom. The van der Waals surface area contributed by atoms with Gasteiger partial charge in [-0.15, -0.1) is 0 Å². The van der Waals surface area contributed by atoms with Crippen molar-refractivity contribution in [1.29, 1.82) is 0 Å². The molecule has 6 nitrogen and oxygen atoms in total. The average Bonchev–Trinajstić information content (AvgIpc) is 2.82. The SMILES string of the molecule is CCCC(C)(NC(=O)c1cnn2c1CCCC2)C(=O)O. The largest absolute Gasteiger partial charge is 0.480 e. The van der Waals surface area contributed by atoms with Gasteiger partial charge in [0.1, 0.15) is 5.54 Å². The van der Waals surface area contributed by atoms with Gasteiger partial charge in [0.2, 0.25) is 0 Å². The number of hydrogen-bond acceptors (Lipinski definition) is 3. The summed E-state index contributed by atoms with van der Waals surface area (Å²) in [4.78, 5) is 23.7. The molecule has 2 N–H and O–H groups in total. The van der Waals surface area contributed by atoms with E-state index in [4.69, 9.17) is 0 Å². The number of carbonyl (C=O) groups is 2. The molecule has 1 atom stereocenters. The molecule has 0 aromatic carbocycles. The van der Waals surface area contributed by atoms with E-state index in [0.29, 0.717) is 18.4 Å². The maximum absolute atomic E-state index is 12.3. The molecule has 0 saturated heterocycles. The summed E-state index contributed by atoms with van der Waals surface area (Å²) in [5, 5.41) is 16.2. The van der Waals surface area contributed by atoms with Gasteiger partial charge in [-0.1, -0.05) is 13.3 Å². The Morgan fingerprint density at radius 1 is 1.50 bits per heavy atom. The number of hydrogen-bond donors (Lipinski definition) is 2. The normalized spacial score (nSPS) is 17.1. The minimum atomic E-state index is -1.23. The number of nitrogens with one attached hydrogen (secondary N) is 1. The van der Waals surface area contributed by atoms with Crippen LogP contribution in [0, 0.1) is 0 Å². The van der Waals surface area contributed by atoms with Crippen LogP contribution < -0.4 is 5.32 Å². The van der Waals surface area contributed by atoms with Crippen LogP contribution >= 0.6 is 0 Å². The highest BCUT2D eigenvalue weighted by atomic mass is 16.4. The zero-order valence-corrected chi connectivity index (χ0v) is 12.0. The molecule has 0 spiro atoms. The van der Waals surface area contributed by atoms with Crippen molar-refractivity contribution in [3.63, 3.8) is 0 Å². The van der Waals surface area contributed by atoms with E-state index in [1.54, 1.807) is 13.1 Å². The third-order valence-corrected chi connectivity index (χ3v) is 3.84. The highest BCUT2D eigenvalue weighted by Gasteiger charge is 2.35. The van der Waals surface area contributed by atoms with Gasteiger partial charge in [0.05, 0.1) is 17.5 Å². The summed E-state index contributed by atoms with van der Waals surface area (Å²) in [6.45, 7) is 4.27. The van der Waals surface area contributed by atoms with E-state index in [1.807, 2.05) is 11.6 Å². The van der Waals surface area contributed by atoms with Crippen molar-refractivity contribution in [1.82, 2.24) is 15.1 Å². The Bertz CT molecular complexity index is 524. The Labute approximate surface area is 118 Å². The van der Waals surface area contributed by atoms with E-state index in [1.165, 1.54) is 0 Å². The molecular formula is C14H21N3O3. The van der Waals surface area contributed by atoms with E-state index in [0.717, 1.165) is 31.5 Å². The molecule has 0 radical (unpaired) electrons. The van der Waals surface area contributed by atoms with Crippen LogP contribution in [0.25, 0.3) is 0 Å². The smallest absolute Gasteiger partial charge is 0.329 e. The van der Waals surface area contributed by atoms with E-state index in [2.05, 4.69) is 10.4 Å². The number of nitrogens with zero attached hydrogens (tertiary/aromatic N) is 2. The van der Waals surface area contributed by atoms with Gasteiger partial charge >= 0.3 is 5.97 Å². The number of amides is 1. The Balaban J connectivity index is 2.19. The highest BCUT2D eigenvalue weighted by molar-refractivity contribution is 5.98. The maximum atomic E-state index is 12.3. The molecule has 1 aliphatic rings. The van der Waals surface area contributed by atoms with Crippen LogP contribution in [0.3, 0.4) is 0 Å². The summed E-state index contributed by atoms with van der Waals surface area (Å²) in [5.41, 5.74) is 0.196. The molecule has 2 heterocycles. The zero-order chi connectivity index (χ0) is 14.8. The van der Waals surface area contributed by atoms with Crippen molar-refractivity contribution in [2.45, 2.75) is 58.0 Å². The third kappa shape index (κ3) is 2.69. The van der Waals surface area contributed by atoms with E-state index in [9.17, 15) is 14.7 Å². The van der Waals surface area contributed by atoms with E-state index in [-0.39, 0.29) is 5.91 Å². The summed E-state index contributed by atoms with van der Waals surface area (Å²) in [5.74, 6) is -1.35. The van der Waals surface area contributed by atoms with Crippen molar-refractivity contribution < 1.29 is 14.7 Å². The van der Waals surface area contributed by atoms with Crippen LogP contribution in [0.1, 0.15) is 55.6 Å². The molecule has 0 saturated carbocycles. The molecule has 0 bridgehead atoms. The van der Waals surface area contributed by atoms with Gasteiger partial charge in [0.15, 0.2) is 0 Å². The molecule has 1 aliphatic heterocycles. The van der Waals surface area contributed by atoms with Gasteiger partial charge in [-0.05, 0) is 32.6 Å². The molecular weight excluding hydrogens is 258 g/mol. The molecule has 20 heavy (non-hydrogen) atoms. The molecule has 1 unspecified atom stereocenters. The lowest BCUT2D eigenvalue weighted by atomic mass is 9.95. The third-order valence-electron chi connectivity index (χ3n) is 3.84. The van der Waals surface area contributed by atoms with E-state index < -0.39 is 11.5 Å². The van der Waals surface area contributed by atoms with Crippen molar-refractivity contribution in [2.24, 2.45) is 0 Å². The summed E-state index contributed by atoms with van der Waals surface area (Å²) in [7, 11) is 0. The Hall–Kier alpha value is -1.85. The van der Waals surface area contributed by atoms with Gasteiger partial charge in [-0.3, -0.25) is 9.48 Å². The fourth-order valence-electron chi connectivity index (χ4n) is 2.65. The van der Waals surface area contributed by atoms with E-state index >= 15 is 0 Å². The first-order valence-electron chi connectivity index (χ1n) is 7.08. The van der Waals surface area contributed by atoms with Gasteiger partial charge < -0.3 is 10.4 Å². The number of rotatable bonds is 5. The van der Waals surface area contributed by atoms with Crippen molar-refractivity contribution >= 4 is 11.9 Å². The first kappa shape index (κ1) is 14.6. The molecule has 1 aromatic rings. The second-order valence-corrected chi connectivity index (χ2v) is 5.53. The number of aliphatic carboxylic acids is 1. The summed E-state index contributed by atoms with van der Waals surface area (Å²) in [6, 6.07) is 0. The number of aromatic nitrogens is 2. The van der Waals surface area contributed by atoms with Crippen LogP contribution in [-0.4, -0.2) is 32.3 Å². The van der Waals surface area contributed by atoms with Crippen molar-refractivity contribution in [3.8, 4) is 0 Å². The van der Waals surface area contributed by atoms with Crippen molar-refractivity contribution in [3.05, 3.63) is 17.5 Å². The highest BCUT2D eigenvalue weighted by Crippen LogP contribution is 2.20. The number of carboxylic acids is 1. The molecule has 1 amide bonds. The zero-order valence-electron chi connectivity index (χ0n) is 12.0. The lowest BCUT2D eigenvalue weighted by Gasteiger charge is -2.26. The first-order chi connectivity index (χ1) is 9.48. The molecule has 110 valence electrons. The van der Waals surface area contributed by atoms with Gasteiger partial charge in [0, 0.05) is 6.54 Å². The standard InChI is InChI=1S/C14H21N3O3/c1-3-7-14(2,13(19)20)16-12(18)10-9-15-17-8-5-4-6-11(10)17/h9H,3-8H2,1-2H3,(H,16,18)(H,19,20). The van der Waals surface area contributed by atoms with Crippen LogP contribution in [-0.2, 0) is 17.8 Å². The summed E-state index contributed by atoms with van der Waals surface area (Å²) < 4.78 is 1.84. The summed E-state index contributed by atoms with van der Waals surface area (Å²) >= 11 is 0. The minimum absolute atomic E-state index is 0.341. The summed E-state index contributed by atoms with van der Waals surface area (Å²) in [6.07, 6.45) is 5.56. The topological polar surface area (TPSA) is 84.2 Å². The number of carboxylic acid groups (broad SMARTS) is 1. The van der Waals surface area contributed by atoms with Gasteiger partial charge in [-0.2, -0.15) is 5.10 Å². The van der Waals surface area contributed by atoms with Gasteiger partial charge in [-0.25, -0.2) is 4.79 Å². The molecule has 0 fully saturated rings. The first-order valence-corrected chi connectivity index (χ1v) is 7.08. The molecule has 1 aromatic heterocycles. The molecule has 2 rings (SSSR count). The second kappa shape index (κ2) is 5.64. The average molecular weight is 279 g/mol. The van der Waals surface area contributed by atoms with Crippen LogP contribution in [0.4, 0.5) is 0 Å². The van der Waals surface area contributed by atoms with Crippen LogP contribution in [0.2, 0.25) is 0 Å². The predicted molar refractivity (Wildman–Crippen MR) is 73.6 cm³/mol. The quantitative estimate of drug-likeness (QED) is 0.857. The fourth-order valence-corrected chi connectivity index (χ4v) is 2.65. The van der Waals surface area contributed by atoms with Gasteiger partial charge in [0.25, 0.3) is 5.91 Å². The second-order valence-electron chi connectivity index (χ2n) is 5.53. The number of fused-ring (bicyclic) bond motifs is 1. The minimum Gasteiger partial charge on any atom is -0.480 e. The monoisotopic (exact) mass is 279 g/mol. The Kier molecular flexibility index (Phi) is 4.11. The predicted octanol–water partition coefficient (Wildman–Crippen LogP) is 1.59. The maximum Gasteiger partial charge on any atom is 0.329 e. The van der Waals surface area contributed by atoms with Crippen LogP contribution in [0.5, 0.6) is 0 Å².